The molecule has 8 unspecified atom stereocenters. The Morgan fingerprint density at radius 2 is 0.793 bits per heavy atom. The fourth-order valence-corrected chi connectivity index (χ4v) is 11.8. The zero-order chi connectivity index (χ0) is 63.1. The molecule has 0 aromatic carbocycles. The second kappa shape index (κ2) is 63.8. The van der Waals surface area contributed by atoms with Gasteiger partial charge in [0.15, 0.2) is 12.4 Å². The standard InChI is InChI=1S/C76H141NO10/c1-4-7-10-13-16-19-22-25-27-29-31-32-33-34-35-36-37-39-40-42-45-48-51-54-57-60-63-69(80)75(84)77-67(68(79)62-59-56-53-50-47-44-24-21-18-15-12-9-6-3)66-85-76-74(73(83)72(82)70(65-78)86-76)87-71(81)64-61-58-55-52-49-46-43-41-38-30-28-26-23-20-17-14-11-8-5-2/h16,19,25,27,31-32,59,62,67-70,72-74,76,78-80,82-83H,4-15,17-18,20-24,26,28-30,33-58,60-61,63-66H2,1-3H3,(H,77,84)/b19-16-,27-25-,32-31-,62-59+. The van der Waals surface area contributed by atoms with Crippen LogP contribution in [0.5, 0.6) is 0 Å². The van der Waals surface area contributed by atoms with Gasteiger partial charge in [-0.1, -0.05) is 339 Å². The van der Waals surface area contributed by atoms with E-state index in [1.165, 1.54) is 244 Å². The van der Waals surface area contributed by atoms with Crippen molar-refractivity contribution in [2.75, 3.05) is 13.2 Å². The molecule has 0 spiro atoms. The predicted octanol–water partition coefficient (Wildman–Crippen LogP) is 19.5. The van der Waals surface area contributed by atoms with Gasteiger partial charge in [-0.05, 0) is 64.2 Å². The minimum absolute atomic E-state index is 0.129. The van der Waals surface area contributed by atoms with Crippen molar-refractivity contribution in [1.82, 2.24) is 5.32 Å². The number of hydrogen-bond acceptors (Lipinski definition) is 10. The lowest BCUT2D eigenvalue weighted by molar-refractivity contribution is -0.305. The number of aliphatic hydroxyl groups is 5. The van der Waals surface area contributed by atoms with Crippen LogP contribution in [0.2, 0.25) is 0 Å². The normalized spacial score (nSPS) is 18.5. The molecule has 87 heavy (non-hydrogen) atoms. The molecule has 11 nitrogen and oxygen atoms in total. The Bertz CT molecular complexity index is 1600. The SMILES string of the molecule is CCCCC/C=C\C/C=C\C/C=C\CCCCCCCCCCCCCCCC(O)C(=O)NC(COC1OC(CO)C(O)C(O)C1OC(=O)CCCCCCCCCCCCCCCCCCCCC)C(O)/C=C/CCCCCCCCCCCCC. The fourth-order valence-electron chi connectivity index (χ4n) is 11.8. The summed E-state index contributed by atoms with van der Waals surface area (Å²) in [6, 6.07) is -1.02. The number of nitrogens with one attached hydrogen (secondary N) is 1. The van der Waals surface area contributed by atoms with Crippen LogP contribution in [0.1, 0.15) is 361 Å². The van der Waals surface area contributed by atoms with E-state index in [0.717, 1.165) is 70.6 Å². The van der Waals surface area contributed by atoms with E-state index in [1.54, 1.807) is 6.08 Å². The van der Waals surface area contributed by atoms with Gasteiger partial charge < -0.3 is 45.1 Å². The monoisotopic (exact) mass is 1230 g/mol. The molecule has 0 aliphatic carbocycles. The first-order valence-corrected chi connectivity index (χ1v) is 37.4. The third kappa shape index (κ3) is 50.9. The van der Waals surface area contributed by atoms with E-state index in [4.69, 9.17) is 14.2 Å². The number of aliphatic hydroxyl groups excluding tert-OH is 5. The van der Waals surface area contributed by atoms with Crippen LogP contribution in [0.25, 0.3) is 0 Å². The molecular weight excluding hydrogens is 1090 g/mol. The molecule has 0 radical (unpaired) electrons. The number of allylic oxidation sites excluding steroid dienone is 7. The van der Waals surface area contributed by atoms with Gasteiger partial charge in [0, 0.05) is 6.42 Å². The van der Waals surface area contributed by atoms with Crippen LogP contribution in [0.4, 0.5) is 0 Å². The topological polar surface area (TPSA) is 175 Å². The maximum atomic E-state index is 13.5. The van der Waals surface area contributed by atoms with Crippen LogP contribution in [0.3, 0.4) is 0 Å². The third-order valence-corrected chi connectivity index (χ3v) is 17.7. The molecule has 11 heteroatoms. The summed E-state index contributed by atoms with van der Waals surface area (Å²) in [7, 11) is 0. The molecule has 510 valence electrons. The van der Waals surface area contributed by atoms with Gasteiger partial charge in [-0.15, -0.1) is 0 Å². The second-order valence-corrected chi connectivity index (χ2v) is 26.0. The van der Waals surface area contributed by atoms with E-state index in [9.17, 15) is 35.1 Å². The highest BCUT2D eigenvalue weighted by Crippen LogP contribution is 2.27. The highest BCUT2D eigenvalue weighted by Gasteiger charge is 2.47. The lowest BCUT2D eigenvalue weighted by Crippen LogP contribution is -2.61. The average Bonchev–Trinajstić information content (AvgIpc) is 1.52. The van der Waals surface area contributed by atoms with E-state index >= 15 is 0 Å². The van der Waals surface area contributed by atoms with Gasteiger partial charge in [0.05, 0.1) is 25.4 Å². The van der Waals surface area contributed by atoms with Crippen molar-refractivity contribution < 1.29 is 49.3 Å². The van der Waals surface area contributed by atoms with Crippen molar-refractivity contribution in [3.8, 4) is 0 Å². The number of ether oxygens (including phenoxy) is 3. The number of rotatable bonds is 65. The van der Waals surface area contributed by atoms with Crippen molar-refractivity contribution in [1.29, 1.82) is 0 Å². The largest absolute Gasteiger partial charge is 0.454 e. The number of carbonyl (C=O) groups is 2. The summed E-state index contributed by atoms with van der Waals surface area (Å²) in [6.45, 7) is 5.82. The van der Waals surface area contributed by atoms with Gasteiger partial charge in [-0.2, -0.15) is 0 Å². The number of unbranched alkanes of at least 4 members (excludes halogenated alkanes) is 45. The van der Waals surface area contributed by atoms with Gasteiger partial charge in [0.2, 0.25) is 5.91 Å². The highest BCUT2D eigenvalue weighted by molar-refractivity contribution is 5.80. The van der Waals surface area contributed by atoms with E-state index in [0.29, 0.717) is 19.3 Å². The highest BCUT2D eigenvalue weighted by atomic mass is 16.7. The van der Waals surface area contributed by atoms with Gasteiger partial charge in [-0.3, -0.25) is 9.59 Å². The molecule has 1 amide bonds. The lowest BCUT2D eigenvalue weighted by Gasteiger charge is -2.41. The molecule has 8 atom stereocenters. The van der Waals surface area contributed by atoms with Crippen LogP contribution < -0.4 is 5.32 Å². The molecule has 0 bridgehead atoms. The Labute approximate surface area is 536 Å². The number of amides is 1. The van der Waals surface area contributed by atoms with Crippen molar-refractivity contribution in [2.24, 2.45) is 0 Å². The molecule has 1 saturated heterocycles. The van der Waals surface area contributed by atoms with E-state index in [1.807, 2.05) is 6.08 Å². The molecule has 1 fully saturated rings. The Kier molecular flexibility index (Phi) is 60.6. The van der Waals surface area contributed by atoms with E-state index < -0.39 is 67.4 Å². The summed E-state index contributed by atoms with van der Waals surface area (Å²) in [5, 5.41) is 57.3. The van der Waals surface area contributed by atoms with Gasteiger partial charge in [0.1, 0.15) is 24.4 Å². The number of esters is 1. The summed E-state index contributed by atoms with van der Waals surface area (Å²) < 4.78 is 17.7. The molecule has 1 aliphatic heterocycles. The Morgan fingerprint density at radius 3 is 1.21 bits per heavy atom. The smallest absolute Gasteiger partial charge is 0.306 e. The van der Waals surface area contributed by atoms with Crippen LogP contribution >= 0.6 is 0 Å². The zero-order valence-corrected chi connectivity index (χ0v) is 56.9. The average molecular weight is 1230 g/mol. The minimum Gasteiger partial charge on any atom is -0.454 e. The first kappa shape index (κ1) is 82.6. The van der Waals surface area contributed by atoms with Gasteiger partial charge in [0.25, 0.3) is 0 Å². The van der Waals surface area contributed by atoms with Crippen LogP contribution in [0.15, 0.2) is 48.6 Å². The predicted molar refractivity (Wildman–Crippen MR) is 366 cm³/mol. The first-order chi connectivity index (χ1) is 42.7. The molecule has 6 N–H and O–H groups in total. The van der Waals surface area contributed by atoms with Crippen molar-refractivity contribution >= 4 is 11.9 Å². The summed E-state index contributed by atoms with van der Waals surface area (Å²) >= 11 is 0. The van der Waals surface area contributed by atoms with E-state index in [2.05, 4.69) is 62.5 Å². The molecule has 1 aliphatic rings. The van der Waals surface area contributed by atoms with Crippen molar-refractivity contribution in [3.63, 3.8) is 0 Å². The van der Waals surface area contributed by atoms with Gasteiger partial charge in [-0.25, -0.2) is 0 Å². The molecule has 0 aromatic rings. The molecular formula is C76H141NO10. The fraction of sp³-hybridized carbons (Fsp3) is 0.868. The second-order valence-electron chi connectivity index (χ2n) is 26.0. The number of hydrogen-bond donors (Lipinski definition) is 6. The van der Waals surface area contributed by atoms with Crippen molar-refractivity contribution in [2.45, 2.75) is 410 Å². The van der Waals surface area contributed by atoms with Crippen LogP contribution in [-0.2, 0) is 23.8 Å². The summed E-state index contributed by atoms with van der Waals surface area (Å²) in [6.07, 6.45) is 70.1. The molecule has 1 heterocycles. The van der Waals surface area contributed by atoms with Crippen LogP contribution in [0, 0.1) is 0 Å². The summed E-state index contributed by atoms with van der Waals surface area (Å²) in [5.41, 5.74) is 0. The maximum Gasteiger partial charge on any atom is 0.306 e. The Morgan fingerprint density at radius 1 is 0.448 bits per heavy atom. The molecule has 0 aromatic heterocycles. The maximum absolute atomic E-state index is 13.5. The van der Waals surface area contributed by atoms with Crippen molar-refractivity contribution in [3.05, 3.63) is 48.6 Å². The summed E-state index contributed by atoms with van der Waals surface area (Å²) in [4.78, 5) is 26.7. The van der Waals surface area contributed by atoms with Gasteiger partial charge >= 0.3 is 5.97 Å². The lowest BCUT2D eigenvalue weighted by atomic mass is 9.99. The Balaban J connectivity index is 2.55. The quantitative estimate of drug-likeness (QED) is 0.0195. The Hall–Kier alpha value is -2.38. The minimum atomic E-state index is -1.61. The molecule has 0 saturated carbocycles. The molecule has 1 rings (SSSR count). The zero-order valence-electron chi connectivity index (χ0n) is 56.9. The first-order valence-electron chi connectivity index (χ1n) is 37.4. The van der Waals surface area contributed by atoms with Crippen LogP contribution in [-0.4, -0.2) is 99.6 Å². The number of carbonyl (C=O) groups excluding carboxylic acids is 2. The third-order valence-electron chi connectivity index (χ3n) is 17.7. The summed E-state index contributed by atoms with van der Waals surface area (Å²) in [5.74, 6) is -1.18. The van der Waals surface area contributed by atoms with E-state index in [-0.39, 0.29) is 13.0 Å².